The molecule has 4 aromatic rings. The number of hydrogen-bond acceptors (Lipinski definition) is 0. The summed E-state index contributed by atoms with van der Waals surface area (Å²) in [5.74, 6) is 0. The lowest BCUT2D eigenvalue weighted by Gasteiger charge is -2.15. The fourth-order valence-electron chi connectivity index (χ4n) is 3.15. The molecule has 0 saturated heterocycles. The zero-order chi connectivity index (χ0) is 16.4. The molecule has 116 valence electrons. The van der Waals surface area contributed by atoms with Gasteiger partial charge in [-0.15, -0.1) is 0 Å². The summed E-state index contributed by atoms with van der Waals surface area (Å²) in [4.78, 5) is 0. The van der Waals surface area contributed by atoms with Crippen LogP contribution in [0.3, 0.4) is 0 Å². The van der Waals surface area contributed by atoms with Crippen LogP contribution in [0.25, 0.3) is 28.2 Å². The number of nitrogens with zero attached hydrogens (tertiary/aromatic N) is 1. The highest BCUT2D eigenvalue weighted by Gasteiger charge is 2.13. The molecular weight excluding hydrogens is 290 g/mol. The van der Waals surface area contributed by atoms with Gasteiger partial charge < -0.3 is 4.57 Å². The Morgan fingerprint density at radius 1 is 0.542 bits per heavy atom. The van der Waals surface area contributed by atoms with E-state index in [2.05, 4.69) is 109 Å². The van der Waals surface area contributed by atoms with Gasteiger partial charge in [0.1, 0.15) is 0 Å². The molecule has 0 aliphatic heterocycles. The van der Waals surface area contributed by atoms with Crippen LogP contribution in [0.2, 0.25) is 0 Å². The molecule has 0 spiro atoms. The molecular formula is C23H19N. The highest BCUT2D eigenvalue weighted by molar-refractivity contribution is 5.73. The van der Waals surface area contributed by atoms with Crippen LogP contribution in [-0.4, -0.2) is 4.57 Å². The normalized spacial score (nSPS) is 10.7. The zero-order valence-corrected chi connectivity index (χ0v) is 13.7. The van der Waals surface area contributed by atoms with Crippen molar-refractivity contribution in [3.63, 3.8) is 0 Å². The second-order valence-corrected chi connectivity index (χ2v) is 6.01. The van der Waals surface area contributed by atoms with Gasteiger partial charge in [-0.2, -0.15) is 0 Å². The minimum Gasteiger partial charge on any atom is -0.309 e. The van der Waals surface area contributed by atoms with E-state index >= 15 is 0 Å². The van der Waals surface area contributed by atoms with E-state index < -0.39 is 0 Å². The summed E-state index contributed by atoms with van der Waals surface area (Å²) in [6, 6.07) is 34.2. The molecule has 1 aromatic heterocycles. The Balaban J connectivity index is 1.98. The van der Waals surface area contributed by atoms with E-state index in [9.17, 15) is 0 Å². The Bertz CT molecular complexity index is 893. The number of benzene rings is 3. The van der Waals surface area contributed by atoms with E-state index in [0.29, 0.717) is 0 Å². The van der Waals surface area contributed by atoms with E-state index in [4.69, 9.17) is 0 Å². The Morgan fingerprint density at radius 2 is 1.08 bits per heavy atom. The van der Waals surface area contributed by atoms with Crippen molar-refractivity contribution in [3.05, 3.63) is 103 Å². The Hall–Kier alpha value is -3.06. The number of rotatable bonds is 3. The highest BCUT2D eigenvalue weighted by atomic mass is 15.0. The summed E-state index contributed by atoms with van der Waals surface area (Å²) in [5, 5.41) is 0. The van der Waals surface area contributed by atoms with Gasteiger partial charge >= 0.3 is 0 Å². The van der Waals surface area contributed by atoms with E-state index in [1.54, 1.807) is 0 Å². The standard InChI is InChI=1S/C23H19N/c1-18-9-8-14-21(17-18)24-22(19-10-4-2-5-11-19)15-16-23(24)20-12-6-3-7-13-20/h2-17H,1H3. The van der Waals surface area contributed by atoms with Crippen molar-refractivity contribution < 1.29 is 0 Å². The molecule has 0 aliphatic carbocycles. The maximum absolute atomic E-state index is 2.34. The van der Waals surface area contributed by atoms with Gasteiger partial charge in [-0.05, 0) is 47.9 Å². The van der Waals surface area contributed by atoms with Crippen molar-refractivity contribution in [2.24, 2.45) is 0 Å². The quantitative estimate of drug-likeness (QED) is 0.429. The smallest absolute Gasteiger partial charge is 0.0535 e. The summed E-state index contributed by atoms with van der Waals surface area (Å²) in [6.07, 6.45) is 0. The number of hydrogen-bond donors (Lipinski definition) is 0. The van der Waals surface area contributed by atoms with Crippen LogP contribution in [0, 0.1) is 6.92 Å². The van der Waals surface area contributed by atoms with Crippen LogP contribution in [0.15, 0.2) is 97.1 Å². The topological polar surface area (TPSA) is 4.93 Å². The molecule has 0 amide bonds. The van der Waals surface area contributed by atoms with Crippen molar-refractivity contribution in [1.29, 1.82) is 0 Å². The van der Waals surface area contributed by atoms with Crippen molar-refractivity contribution >= 4 is 0 Å². The fraction of sp³-hybridized carbons (Fsp3) is 0.0435. The maximum atomic E-state index is 2.34. The third-order valence-corrected chi connectivity index (χ3v) is 4.28. The molecule has 3 aromatic carbocycles. The van der Waals surface area contributed by atoms with Gasteiger partial charge in [0, 0.05) is 5.69 Å². The first-order valence-corrected chi connectivity index (χ1v) is 8.22. The molecule has 1 heteroatoms. The van der Waals surface area contributed by atoms with Gasteiger partial charge in [-0.3, -0.25) is 0 Å². The van der Waals surface area contributed by atoms with E-state index in [0.717, 1.165) is 0 Å². The van der Waals surface area contributed by atoms with Crippen LogP contribution in [-0.2, 0) is 0 Å². The third kappa shape index (κ3) is 2.65. The molecule has 0 unspecified atom stereocenters. The first-order chi connectivity index (χ1) is 11.8. The van der Waals surface area contributed by atoms with Crippen molar-refractivity contribution in [1.82, 2.24) is 4.57 Å². The SMILES string of the molecule is Cc1cccc(-n2c(-c3ccccc3)ccc2-c2ccccc2)c1. The lowest BCUT2D eigenvalue weighted by molar-refractivity contribution is 1.09. The summed E-state index contributed by atoms with van der Waals surface area (Å²) >= 11 is 0. The molecule has 0 aliphatic rings. The summed E-state index contributed by atoms with van der Waals surface area (Å²) < 4.78 is 2.34. The minimum atomic E-state index is 1.19. The molecule has 1 nitrogen and oxygen atoms in total. The Labute approximate surface area is 142 Å². The molecule has 1 heterocycles. The summed E-state index contributed by atoms with van der Waals surface area (Å²) in [5.41, 5.74) is 7.32. The fourth-order valence-corrected chi connectivity index (χ4v) is 3.15. The third-order valence-electron chi connectivity index (χ3n) is 4.28. The van der Waals surface area contributed by atoms with E-state index in [-0.39, 0.29) is 0 Å². The Morgan fingerprint density at radius 3 is 1.58 bits per heavy atom. The lowest BCUT2D eigenvalue weighted by atomic mass is 10.1. The van der Waals surface area contributed by atoms with Gasteiger partial charge in [0.05, 0.1) is 11.4 Å². The van der Waals surface area contributed by atoms with Crippen LogP contribution in [0.5, 0.6) is 0 Å². The predicted molar refractivity (Wildman–Crippen MR) is 101 cm³/mol. The molecule has 0 saturated carbocycles. The molecule has 0 fully saturated rings. The molecule has 0 bridgehead atoms. The molecule has 0 radical (unpaired) electrons. The van der Waals surface area contributed by atoms with Crippen LogP contribution in [0.1, 0.15) is 5.56 Å². The molecule has 4 rings (SSSR count). The van der Waals surface area contributed by atoms with Crippen LogP contribution in [0.4, 0.5) is 0 Å². The van der Waals surface area contributed by atoms with E-state index in [1.807, 2.05) is 0 Å². The van der Waals surface area contributed by atoms with E-state index in [1.165, 1.54) is 33.8 Å². The van der Waals surface area contributed by atoms with Crippen molar-refractivity contribution in [3.8, 4) is 28.2 Å². The van der Waals surface area contributed by atoms with Crippen LogP contribution < -0.4 is 0 Å². The van der Waals surface area contributed by atoms with Crippen molar-refractivity contribution in [2.75, 3.05) is 0 Å². The predicted octanol–water partition coefficient (Wildman–Crippen LogP) is 6.12. The Kier molecular flexibility index (Phi) is 3.76. The second kappa shape index (κ2) is 6.21. The summed E-state index contributed by atoms with van der Waals surface area (Å²) in [6.45, 7) is 2.14. The zero-order valence-electron chi connectivity index (χ0n) is 13.7. The number of aryl methyl sites for hydroxylation is 1. The van der Waals surface area contributed by atoms with Crippen LogP contribution >= 0.6 is 0 Å². The van der Waals surface area contributed by atoms with Crippen molar-refractivity contribution in [2.45, 2.75) is 6.92 Å². The lowest BCUT2D eigenvalue weighted by Crippen LogP contribution is -1.99. The second-order valence-electron chi connectivity index (χ2n) is 6.01. The monoisotopic (exact) mass is 309 g/mol. The average Bonchev–Trinajstić information content (AvgIpc) is 3.08. The van der Waals surface area contributed by atoms with Gasteiger partial charge in [0.15, 0.2) is 0 Å². The van der Waals surface area contributed by atoms with Gasteiger partial charge in [0.2, 0.25) is 0 Å². The van der Waals surface area contributed by atoms with Gasteiger partial charge in [0.25, 0.3) is 0 Å². The largest absolute Gasteiger partial charge is 0.309 e. The minimum absolute atomic E-state index is 1.19. The first-order valence-electron chi connectivity index (χ1n) is 8.22. The number of aromatic nitrogens is 1. The van der Waals surface area contributed by atoms with Gasteiger partial charge in [-0.1, -0.05) is 72.8 Å². The highest BCUT2D eigenvalue weighted by Crippen LogP contribution is 2.32. The molecule has 24 heavy (non-hydrogen) atoms. The summed E-state index contributed by atoms with van der Waals surface area (Å²) in [7, 11) is 0. The molecule has 0 atom stereocenters. The maximum Gasteiger partial charge on any atom is 0.0535 e. The molecule has 0 N–H and O–H groups in total. The average molecular weight is 309 g/mol. The van der Waals surface area contributed by atoms with Gasteiger partial charge in [-0.25, -0.2) is 0 Å². The first kappa shape index (κ1) is 14.5.